The summed E-state index contributed by atoms with van der Waals surface area (Å²) in [7, 11) is 4.14. The van der Waals surface area contributed by atoms with Crippen molar-refractivity contribution in [3.8, 4) is 0 Å². The highest BCUT2D eigenvalue weighted by atomic mass is 35.5. The number of halogens is 1. The summed E-state index contributed by atoms with van der Waals surface area (Å²) in [6.07, 6.45) is 2.98. The van der Waals surface area contributed by atoms with E-state index in [0.717, 1.165) is 44.0 Å². The second-order valence-corrected chi connectivity index (χ2v) is 4.71. The average molecular weight is 257 g/mol. The van der Waals surface area contributed by atoms with Crippen molar-refractivity contribution in [1.29, 1.82) is 0 Å². The van der Waals surface area contributed by atoms with Crippen LogP contribution in [0.2, 0.25) is 5.15 Å². The maximum atomic E-state index is 5.95. The fourth-order valence-corrected chi connectivity index (χ4v) is 1.70. The number of anilines is 1. The fourth-order valence-electron chi connectivity index (χ4n) is 1.50. The number of hydrogen-bond donors (Lipinski definition) is 1. The van der Waals surface area contributed by atoms with Crippen LogP contribution in [0.25, 0.3) is 0 Å². The van der Waals surface area contributed by atoms with E-state index in [9.17, 15) is 0 Å². The van der Waals surface area contributed by atoms with Crippen LogP contribution in [-0.4, -0.2) is 42.1 Å². The van der Waals surface area contributed by atoms with Gasteiger partial charge in [0.1, 0.15) is 16.8 Å². The van der Waals surface area contributed by atoms with E-state index in [1.165, 1.54) is 0 Å². The summed E-state index contributed by atoms with van der Waals surface area (Å²) < 4.78 is 0. The van der Waals surface area contributed by atoms with Crippen LogP contribution in [0.5, 0.6) is 0 Å². The molecule has 0 bridgehead atoms. The van der Waals surface area contributed by atoms with Crippen LogP contribution in [0, 0.1) is 0 Å². The summed E-state index contributed by atoms with van der Waals surface area (Å²) >= 11 is 5.95. The van der Waals surface area contributed by atoms with Crippen LogP contribution in [0.15, 0.2) is 6.07 Å². The lowest BCUT2D eigenvalue weighted by molar-refractivity contribution is 0.405. The summed E-state index contributed by atoms with van der Waals surface area (Å²) in [5.41, 5.74) is 0. The molecular formula is C12H21ClN4. The van der Waals surface area contributed by atoms with E-state index in [0.29, 0.717) is 5.15 Å². The average Bonchev–Trinajstić information content (AvgIpc) is 2.24. The predicted molar refractivity (Wildman–Crippen MR) is 72.7 cm³/mol. The minimum absolute atomic E-state index is 0.513. The van der Waals surface area contributed by atoms with Crippen LogP contribution in [0.1, 0.15) is 25.6 Å². The van der Waals surface area contributed by atoms with E-state index in [4.69, 9.17) is 11.6 Å². The largest absolute Gasteiger partial charge is 0.370 e. The lowest BCUT2D eigenvalue weighted by Crippen LogP contribution is -2.16. The lowest BCUT2D eigenvalue weighted by atomic mass is 10.3. The number of nitrogens with zero attached hydrogens (tertiary/aromatic N) is 3. The first-order valence-electron chi connectivity index (χ1n) is 6.04. The van der Waals surface area contributed by atoms with E-state index in [-0.39, 0.29) is 0 Å². The fraction of sp³-hybridized carbons (Fsp3) is 0.667. The normalized spacial score (nSPS) is 10.9. The highest BCUT2D eigenvalue weighted by Crippen LogP contribution is 2.12. The van der Waals surface area contributed by atoms with Crippen molar-refractivity contribution in [3.63, 3.8) is 0 Å². The van der Waals surface area contributed by atoms with Gasteiger partial charge in [0.05, 0.1) is 0 Å². The molecule has 0 saturated heterocycles. The summed E-state index contributed by atoms with van der Waals surface area (Å²) in [5, 5.41) is 3.79. The molecule has 1 aromatic rings. The number of nitrogens with one attached hydrogen (secondary N) is 1. The maximum absolute atomic E-state index is 5.95. The molecular weight excluding hydrogens is 236 g/mol. The lowest BCUT2D eigenvalue weighted by Gasteiger charge is -2.10. The topological polar surface area (TPSA) is 41.1 Å². The van der Waals surface area contributed by atoms with Crippen molar-refractivity contribution in [2.24, 2.45) is 0 Å². The van der Waals surface area contributed by atoms with Crippen LogP contribution in [0.3, 0.4) is 0 Å². The molecule has 0 aromatic carbocycles. The Morgan fingerprint density at radius 2 is 2.12 bits per heavy atom. The molecule has 0 radical (unpaired) electrons. The molecule has 1 heterocycles. The van der Waals surface area contributed by atoms with Crippen LogP contribution in [-0.2, 0) is 6.42 Å². The highest BCUT2D eigenvalue weighted by molar-refractivity contribution is 6.29. The number of hydrogen-bond acceptors (Lipinski definition) is 4. The molecule has 0 spiro atoms. The monoisotopic (exact) mass is 256 g/mol. The molecule has 96 valence electrons. The number of aromatic nitrogens is 2. The van der Waals surface area contributed by atoms with Crippen LogP contribution >= 0.6 is 11.6 Å². The minimum Gasteiger partial charge on any atom is -0.370 e. The summed E-state index contributed by atoms with van der Waals surface area (Å²) in [6.45, 7) is 4.07. The van der Waals surface area contributed by atoms with Crippen molar-refractivity contribution in [3.05, 3.63) is 17.0 Å². The minimum atomic E-state index is 0.513. The number of rotatable bonds is 7. The van der Waals surface area contributed by atoms with Gasteiger partial charge in [-0.25, -0.2) is 9.97 Å². The van der Waals surface area contributed by atoms with E-state index in [1.54, 1.807) is 6.07 Å². The molecule has 0 unspecified atom stereocenters. The summed E-state index contributed by atoms with van der Waals surface area (Å²) in [6, 6.07) is 1.77. The Bertz CT molecular complexity index is 341. The second-order valence-electron chi connectivity index (χ2n) is 4.33. The van der Waals surface area contributed by atoms with E-state index in [2.05, 4.69) is 41.2 Å². The second kappa shape index (κ2) is 7.45. The molecule has 0 amide bonds. The molecule has 0 aliphatic carbocycles. The summed E-state index contributed by atoms with van der Waals surface area (Å²) in [5.74, 6) is 1.64. The molecule has 17 heavy (non-hydrogen) atoms. The van der Waals surface area contributed by atoms with Gasteiger partial charge in [-0.05, 0) is 33.5 Å². The van der Waals surface area contributed by atoms with Gasteiger partial charge in [0.15, 0.2) is 0 Å². The van der Waals surface area contributed by atoms with Gasteiger partial charge in [-0.1, -0.05) is 18.5 Å². The molecule has 0 saturated carbocycles. The maximum Gasteiger partial charge on any atom is 0.134 e. The molecule has 0 aliphatic heterocycles. The predicted octanol–water partition coefficient (Wildman–Crippen LogP) is 2.45. The third-order valence-electron chi connectivity index (χ3n) is 2.30. The van der Waals surface area contributed by atoms with E-state index < -0.39 is 0 Å². The van der Waals surface area contributed by atoms with Gasteiger partial charge < -0.3 is 10.2 Å². The molecule has 1 N–H and O–H groups in total. The van der Waals surface area contributed by atoms with Crippen molar-refractivity contribution in [2.45, 2.75) is 26.2 Å². The standard InChI is InChI=1S/C12H21ClN4/c1-4-6-11-15-10(13)9-12(16-11)14-7-5-8-17(2)3/h9H,4-8H2,1-3H3,(H,14,15,16). The van der Waals surface area contributed by atoms with E-state index >= 15 is 0 Å². The molecule has 0 fully saturated rings. The Kier molecular flexibility index (Phi) is 6.22. The van der Waals surface area contributed by atoms with Gasteiger partial charge in [0.25, 0.3) is 0 Å². The first-order chi connectivity index (χ1) is 8.11. The molecule has 0 atom stereocenters. The first-order valence-corrected chi connectivity index (χ1v) is 6.41. The Labute approximate surface area is 108 Å². The Morgan fingerprint density at radius 1 is 1.35 bits per heavy atom. The van der Waals surface area contributed by atoms with Gasteiger partial charge >= 0.3 is 0 Å². The molecule has 1 rings (SSSR count). The SMILES string of the molecule is CCCc1nc(Cl)cc(NCCCN(C)C)n1. The number of aryl methyl sites for hydroxylation is 1. The van der Waals surface area contributed by atoms with Crippen molar-refractivity contribution >= 4 is 17.4 Å². The van der Waals surface area contributed by atoms with Crippen molar-refractivity contribution < 1.29 is 0 Å². The van der Waals surface area contributed by atoms with Gasteiger partial charge in [-0.3, -0.25) is 0 Å². The Balaban J connectivity index is 2.46. The zero-order chi connectivity index (χ0) is 12.7. The van der Waals surface area contributed by atoms with Crippen LogP contribution in [0.4, 0.5) is 5.82 Å². The van der Waals surface area contributed by atoms with E-state index in [1.807, 2.05) is 0 Å². The molecule has 1 aromatic heterocycles. The van der Waals surface area contributed by atoms with Crippen molar-refractivity contribution in [2.75, 3.05) is 32.5 Å². The van der Waals surface area contributed by atoms with Crippen molar-refractivity contribution in [1.82, 2.24) is 14.9 Å². The molecule has 0 aliphatic rings. The zero-order valence-corrected chi connectivity index (χ0v) is 11.6. The smallest absolute Gasteiger partial charge is 0.134 e. The quantitative estimate of drug-likeness (QED) is 0.601. The van der Waals surface area contributed by atoms with Gasteiger partial charge in [-0.2, -0.15) is 0 Å². The van der Waals surface area contributed by atoms with Crippen LogP contribution < -0.4 is 5.32 Å². The highest BCUT2D eigenvalue weighted by Gasteiger charge is 2.02. The first kappa shape index (κ1) is 14.2. The third kappa shape index (κ3) is 5.84. The summed E-state index contributed by atoms with van der Waals surface area (Å²) in [4.78, 5) is 10.8. The zero-order valence-electron chi connectivity index (χ0n) is 10.8. The Morgan fingerprint density at radius 3 is 2.76 bits per heavy atom. The molecule has 4 nitrogen and oxygen atoms in total. The Hall–Kier alpha value is -0.870. The third-order valence-corrected chi connectivity index (χ3v) is 2.50. The van der Waals surface area contributed by atoms with Gasteiger partial charge in [0, 0.05) is 19.0 Å². The van der Waals surface area contributed by atoms with Gasteiger partial charge in [0.2, 0.25) is 0 Å². The van der Waals surface area contributed by atoms with Gasteiger partial charge in [-0.15, -0.1) is 0 Å². The molecule has 5 heteroatoms.